The molecule has 0 aliphatic carbocycles. The van der Waals surface area contributed by atoms with E-state index in [4.69, 9.17) is 0 Å². The van der Waals surface area contributed by atoms with E-state index in [1.807, 2.05) is 6.92 Å². The summed E-state index contributed by atoms with van der Waals surface area (Å²) in [6.45, 7) is 6.65. The van der Waals surface area contributed by atoms with Crippen molar-refractivity contribution in [3.05, 3.63) is 0 Å². The van der Waals surface area contributed by atoms with Gasteiger partial charge < -0.3 is 10.2 Å². The molecule has 2 N–H and O–H groups in total. The quantitative estimate of drug-likeness (QED) is 0.700. The molecule has 0 aromatic heterocycles. The summed E-state index contributed by atoms with van der Waals surface area (Å²) in [7, 11) is -2.96. The molecule has 2 aliphatic rings. The molecule has 0 aromatic rings. The Bertz CT molecular complexity index is 441. The summed E-state index contributed by atoms with van der Waals surface area (Å²) in [5.41, 5.74) is -0.557. The molecule has 2 aliphatic heterocycles. The van der Waals surface area contributed by atoms with Gasteiger partial charge in [0.15, 0.2) is 16.4 Å². The Morgan fingerprint density at radius 1 is 1.37 bits per heavy atom. The van der Waals surface area contributed by atoms with Crippen molar-refractivity contribution in [1.29, 1.82) is 0 Å². The van der Waals surface area contributed by atoms with Crippen LogP contribution in [-0.2, 0) is 14.6 Å². The number of likely N-dealkylation sites (tertiary alicyclic amines) is 1. The third-order valence-electron chi connectivity index (χ3n) is 4.34. The van der Waals surface area contributed by atoms with Crippen LogP contribution in [0.25, 0.3) is 0 Å². The van der Waals surface area contributed by atoms with Crippen LogP contribution in [0.1, 0.15) is 33.1 Å². The first-order chi connectivity index (χ1) is 8.78. The Hall–Kier alpha value is -0.620. The van der Waals surface area contributed by atoms with Gasteiger partial charge in [0.2, 0.25) is 0 Å². The molecule has 19 heavy (non-hydrogen) atoms. The number of hydrogen-bond donors (Lipinski definition) is 2. The molecule has 6 heteroatoms. The average molecular weight is 289 g/mol. The van der Waals surface area contributed by atoms with Crippen molar-refractivity contribution in [1.82, 2.24) is 5.32 Å². The minimum atomic E-state index is -2.96. The van der Waals surface area contributed by atoms with E-state index < -0.39 is 15.4 Å². The molecule has 2 fully saturated rings. The summed E-state index contributed by atoms with van der Waals surface area (Å²) in [6, 6.07) is 0. The lowest BCUT2D eigenvalue weighted by molar-refractivity contribution is -0.898. The molecule has 5 nitrogen and oxygen atoms in total. The topological polar surface area (TPSA) is 67.7 Å². The van der Waals surface area contributed by atoms with Gasteiger partial charge in [0.05, 0.1) is 30.1 Å². The minimum absolute atomic E-state index is 0.0100. The largest absolute Gasteiger partial charge is 0.345 e. The van der Waals surface area contributed by atoms with Crippen molar-refractivity contribution < 1.29 is 18.1 Å². The summed E-state index contributed by atoms with van der Waals surface area (Å²) in [6.07, 6.45) is 2.88. The van der Waals surface area contributed by atoms with E-state index in [1.54, 1.807) is 0 Å². The molecule has 2 rings (SSSR count). The predicted octanol–water partition coefficient (Wildman–Crippen LogP) is -1.01. The maximum Gasteiger partial charge on any atom is 0.275 e. The molecule has 1 atom stereocenters. The number of rotatable bonds is 3. The van der Waals surface area contributed by atoms with Crippen LogP contribution in [0.15, 0.2) is 0 Å². The number of hydrogen-bond acceptors (Lipinski definition) is 3. The van der Waals surface area contributed by atoms with Gasteiger partial charge in [-0.1, -0.05) is 6.92 Å². The fraction of sp³-hybridized carbons (Fsp3) is 0.923. The lowest BCUT2D eigenvalue weighted by atomic mass is 9.99. The highest BCUT2D eigenvalue weighted by molar-refractivity contribution is 7.91. The average Bonchev–Trinajstić information content (AvgIpc) is 2.56. The Morgan fingerprint density at radius 2 is 2.00 bits per heavy atom. The zero-order valence-electron chi connectivity index (χ0n) is 11.9. The van der Waals surface area contributed by atoms with E-state index in [0.29, 0.717) is 13.0 Å². The van der Waals surface area contributed by atoms with Crippen molar-refractivity contribution >= 4 is 15.7 Å². The molecule has 2 heterocycles. The van der Waals surface area contributed by atoms with Crippen LogP contribution in [0.3, 0.4) is 0 Å². The highest BCUT2D eigenvalue weighted by Gasteiger charge is 2.39. The van der Waals surface area contributed by atoms with Crippen LogP contribution in [-0.4, -0.2) is 51.0 Å². The molecular weight excluding hydrogens is 264 g/mol. The monoisotopic (exact) mass is 289 g/mol. The van der Waals surface area contributed by atoms with Gasteiger partial charge in [0.25, 0.3) is 5.91 Å². The van der Waals surface area contributed by atoms with Gasteiger partial charge in [-0.3, -0.25) is 4.79 Å². The number of carbonyl (C=O) groups is 1. The molecule has 0 unspecified atom stereocenters. The maximum absolute atomic E-state index is 12.0. The van der Waals surface area contributed by atoms with Gasteiger partial charge in [0.1, 0.15) is 0 Å². The van der Waals surface area contributed by atoms with Crippen molar-refractivity contribution in [3.8, 4) is 0 Å². The summed E-state index contributed by atoms with van der Waals surface area (Å²) in [5.74, 6) is 1.03. The highest BCUT2D eigenvalue weighted by Crippen LogP contribution is 2.22. The normalized spacial score (nSPS) is 38.0. The third-order valence-corrected chi connectivity index (χ3v) is 6.24. The molecular formula is C13H25N2O3S+. The molecule has 110 valence electrons. The molecule has 0 spiro atoms. The van der Waals surface area contributed by atoms with Gasteiger partial charge in [-0.25, -0.2) is 8.42 Å². The second-order valence-electron chi connectivity index (χ2n) is 6.56. The second kappa shape index (κ2) is 5.40. The Morgan fingerprint density at radius 3 is 2.53 bits per heavy atom. The summed E-state index contributed by atoms with van der Waals surface area (Å²) >= 11 is 0. The van der Waals surface area contributed by atoms with E-state index in [2.05, 4.69) is 12.2 Å². The first-order valence-electron chi connectivity index (χ1n) is 7.13. The van der Waals surface area contributed by atoms with Crippen LogP contribution < -0.4 is 10.2 Å². The molecule has 1 amide bonds. The van der Waals surface area contributed by atoms with Crippen molar-refractivity contribution in [2.45, 2.75) is 38.6 Å². The van der Waals surface area contributed by atoms with Crippen molar-refractivity contribution in [2.24, 2.45) is 5.92 Å². The standard InChI is InChI=1S/C13H24N2O3S/c1-11-3-6-15(7-4-11)9-12(16)14-13(2)5-8-19(17,18)10-13/h11H,3-10H2,1-2H3,(H,14,16)/p+1/t13-/m0/s1. The SMILES string of the molecule is CC1CC[NH+](CC(=O)N[C@@]2(C)CCS(=O)(=O)C2)CC1. The first kappa shape index (κ1) is 14.8. The zero-order chi connectivity index (χ0) is 14.1. The van der Waals surface area contributed by atoms with Crippen LogP contribution in [0, 0.1) is 5.92 Å². The van der Waals surface area contributed by atoms with E-state index in [0.717, 1.165) is 19.0 Å². The molecule has 0 bridgehead atoms. The molecule has 0 aromatic carbocycles. The Kier molecular flexibility index (Phi) is 4.20. The third kappa shape index (κ3) is 4.18. The van der Waals surface area contributed by atoms with Crippen molar-refractivity contribution in [2.75, 3.05) is 31.1 Å². The van der Waals surface area contributed by atoms with Crippen molar-refractivity contribution in [3.63, 3.8) is 0 Å². The van der Waals surface area contributed by atoms with E-state index in [9.17, 15) is 13.2 Å². The molecule has 0 saturated carbocycles. The highest BCUT2D eigenvalue weighted by atomic mass is 32.2. The van der Waals surface area contributed by atoms with Crippen LogP contribution in [0.2, 0.25) is 0 Å². The van der Waals surface area contributed by atoms with E-state index >= 15 is 0 Å². The minimum Gasteiger partial charge on any atom is -0.345 e. The Labute approximate surface area is 115 Å². The van der Waals surface area contributed by atoms with E-state index in [1.165, 1.54) is 17.7 Å². The fourth-order valence-corrected chi connectivity index (χ4v) is 5.16. The van der Waals surface area contributed by atoms with E-state index in [-0.39, 0.29) is 17.4 Å². The molecule has 0 radical (unpaired) electrons. The molecule has 2 saturated heterocycles. The van der Waals surface area contributed by atoms with Gasteiger partial charge in [-0.15, -0.1) is 0 Å². The maximum atomic E-state index is 12.0. The smallest absolute Gasteiger partial charge is 0.275 e. The summed E-state index contributed by atoms with van der Waals surface area (Å²) < 4.78 is 23.0. The first-order valence-corrected chi connectivity index (χ1v) is 8.95. The predicted molar refractivity (Wildman–Crippen MR) is 73.8 cm³/mol. The van der Waals surface area contributed by atoms with Gasteiger partial charge >= 0.3 is 0 Å². The van der Waals surface area contributed by atoms with Gasteiger partial charge in [-0.05, 0) is 32.1 Å². The number of carbonyl (C=O) groups excluding carboxylic acids is 1. The fourth-order valence-electron chi connectivity index (χ4n) is 3.06. The van der Waals surface area contributed by atoms with Gasteiger partial charge in [-0.2, -0.15) is 0 Å². The Balaban J connectivity index is 1.82. The van der Waals surface area contributed by atoms with Crippen LogP contribution >= 0.6 is 0 Å². The lowest BCUT2D eigenvalue weighted by Gasteiger charge is -2.29. The second-order valence-corrected chi connectivity index (χ2v) is 8.74. The number of amides is 1. The lowest BCUT2D eigenvalue weighted by Crippen LogP contribution is -3.14. The zero-order valence-corrected chi connectivity index (χ0v) is 12.7. The summed E-state index contributed by atoms with van der Waals surface area (Å²) in [4.78, 5) is 13.4. The number of piperidine rings is 1. The number of nitrogens with one attached hydrogen (secondary N) is 2. The number of sulfone groups is 1. The van der Waals surface area contributed by atoms with Crippen LogP contribution in [0.4, 0.5) is 0 Å². The van der Waals surface area contributed by atoms with Gasteiger partial charge in [0, 0.05) is 0 Å². The summed E-state index contributed by atoms with van der Waals surface area (Å²) in [5, 5.41) is 2.93. The number of quaternary nitrogens is 1. The van der Waals surface area contributed by atoms with Crippen LogP contribution in [0.5, 0.6) is 0 Å².